The SMILES string of the molecule is O=C(c1ccc(-n2nnc3cccnc32)cc1F)N(c1nccc2sc(-c3nc4ccccn4n3)cc12)[C@@H]1CCCNC1. The summed E-state index contributed by atoms with van der Waals surface area (Å²) in [6.45, 7) is 1.44. The number of carbonyl (C=O) groups is 1. The van der Waals surface area contributed by atoms with Crippen LogP contribution < -0.4 is 10.2 Å². The highest BCUT2D eigenvalue weighted by molar-refractivity contribution is 7.22. The maximum Gasteiger partial charge on any atom is 0.262 e. The van der Waals surface area contributed by atoms with Gasteiger partial charge >= 0.3 is 0 Å². The van der Waals surface area contributed by atoms with Crippen LogP contribution in [0.4, 0.5) is 10.2 Å². The van der Waals surface area contributed by atoms with Gasteiger partial charge in [-0.1, -0.05) is 11.3 Å². The Morgan fingerprint density at radius 1 is 1.07 bits per heavy atom. The van der Waals surface area contributed by atoms with Gasteiger partial charge in [-0.2, -0.15) is 4.68 Å². The highest BCUT2D eigenvalue weighted by Gasteiger charge is 2.32. The van der Waals surface area contributed by atoms with E-state index in [1.807, 2.05) is 36.5 Å². The average Bonchev–Trinajstić information content (AvgIpc) is 3.78. The maximum atomic E-state index is 15.8. The number of nitrogens with one attached hydrogen (secondary N) is 1. The predicted molar refractivity (Wildman–Crippen MR) is 161 cm³/mol. The van der Waals surface area contributed by atoms with Crippen molar-refractivity contribution in [1.29, 1.82) is 0 Å². The molecule has 1 N–H and O–H groups in total. The molecule has 13 heteroatoms. The fourth-order valence-electron chi connectivity index (χ4n) is 5.55. The molecular formula is C30H23FN10OS. The third-order valence-electron chi connectivity index (χ3n) is 7.61. The molecule has 43 heavy (non-hydrogen) atoms. The number of halogens is 1. The lowest BCUT2D eigenvalue weighted by molar-refractivity contribution is 0.0968. The highest BCUT2D eigenvalue weighted by Crippen LogP contribution is 2.38. The second kappa shape index (κ2) is 10.3. The van der Waals surface area contributed by atoms with Gasteiger partial charge in [0.05, 0.1) is 22.2 Å². The number of piperidine rings is 1. The summed E-state index contributed by atoms with van der Waals surface area (Å²) in [4.78, 5) is 30.4. The molecule has 11 nitrogen and oxygen atoms in total. The third-order valence-corrected chi connectivity index (χ3v) is 8.70. The Hall–Kier alpha value is -5.14. The molecule has 212 valence electrons. The monoisotopic (exact) mass is 590 g/mol. The first-order valence-electron chi connectivity index (χ1n) is 13.8. The largest absolute Gasteiger partial charge is 0.315 e. The smallest absolute Gasteiger partial charge is 0.262 e. The first-order chi connectivity index (χ1) is 21.1. The number of fused-ring (bicyclic) bond motifs is 3. The summed E-state index contributed by atoms with van der Waals surface area (Å²) in [7, 11) is 0. The maximum absolute atomic E-state index is 15.8. The Bertz CT molecular complexity index is 2110. The molecule has 0 radical (unpaired) electrons. The van der Waals surface area contributed by atoms with Gasteiger partial charge in [0.1, 0.15) is 17.2 Å². The van der Waals surface area contributed by atoms with Crippen LogP contribution in [0.25, 0.3) is 43.3 Å². The van der Waals surface area contributed by atoms with E-state index in [0.717, 1.165) is 40.0 Å². The van der Waals surface area contributed by atoms with Crippen molar-refractivity contribution < 1.29 is 9.18 Å². The summed E-state index contributed by atoms with van der Waals surface area (Å²) in [5.41, 5.74) is 2.20. The fraction of sp³-hybridized carbons (Fsp3) is 0.167. The van der Waals surface area contributed by atoms with E-state index in [-0.39, 0.29) is 11.6 Å². The van der Waals surface area contributed by atoms with Gasteiger partial charge in [-0.25, -0.2) is 23.9 Å². The lowest BCUT2D eigenvalue weighted by atomic mass is 10.0. The summed E-state index contributed by atoms with van der Waals surface area (Å²) in [5, 5.41) is 17.0. The minimum atomic E-state index is -0.664. The van der Waals surface area contributed by atoms with Crippen LogP contribution in [-0.2, 0) is 0 Å². The molecule has 8 rings (SSSR count). The van der Waals surface area contributed by atoms with E-state index in [2.05, 4.69) is 35.7 Å². The lowest BCUT2D eigenvalue weighted by Crippen LogP contribution is -2.49. The second-order valence-electron chi connectivity index (χ2n) is 10.3. The molecule has 7 aromatic rings. The number of anilines is 1. The molecule has 0 unspecified atom stereocenters. The number of rotatable bonds is 5. The van der Waals surface area contributed by atoms with E-state index in [4.69, 9.17) is 0 Å². The van der Waals surface area contributed by atoms with Crippen LogP contribution in [0, 0.1) is 5.82 Å². The minimum Gasteiger partial charge on any atom is -0.315 e. The summed E-state index contributed by atoms with van der Waals surface area (Å²) in [5.74, 6) is -0.0504. The zero-order chi connectivity index (χ0) is 28.9. The third kappa shape index (κ3) is 4.40. The molecule has 1 fully saturated rings. The second-order valence-corrected chi connectivity index (χ2v) is 11.4. The number of hydrogen-bond acceptors (Lipinski definition) is 9. The molecule has 0 spiro atoms. The van der Waals surface area contributed by atoms with E-state index in [0.29, 0.717) is 35.0 Å². The predicted octanol–water partition coefficient (Wildman–Crippen LogP) is 4.67. The van der Waals surface area contributed by atoms with Crippen LogP contribution in [0.15, 0.2) is 79.3 Å². The zero-order valence-corrected chi connectivity index (χ0v) is 23.4. The van der Waals surface area contributed by atoms with Crippen molar-refractivity contribution >= 4 is 50.0 Å². The lowest BCUT2D eigenvalue weighted by Gasteiger charge is -2.34. The normalized spacial score (nSPS) is 15.4. The summed E-state index contributed by atoms with van der Waals surface area (Å²) < 4.78 is 19.9. The first-order valence-corrected chi connectivity index (χ1v) is 14.7. The molecular weight excluding hydrogens is 567 g/mol. The summed E-state index contributed by atoms with van der Waals surface area (Å²) in [6.07, 6.45) is 6.82. The highest BCUT2D eigenvalue weighted by atomic mass is 32.1. The van der Waals surface area contributed by atoms with Crippen molar-refractivity contribution in [3.8, 4) is 16.4 Å². The van der Waals surface area contributed by atoms with Crippen molar-refractivity contribution in [2.45, 2.75) is 18.9 Å². The van der Waals surface area contributed by atoms with E-state index in [1.54, 1.807) is 40.0 Å². The van der Waals surface area contributed by atoms with E-state index in [9.17, 15) is 4.79 Å². The Morgan fingerprint density at radius 3 is 2.88 bits per heavy atom. The van der Waals surface area contributed by atoms with Crippen molar-refractivity contribution in [3.63, 3.8) is 0 Å². The number of amides is 1. The fourth-order valence-corrected chi connectivity index (χ4v) is 6.53. The van der Waals surface area contributed by atoms with Gasteiger partial charge < -0.3 is 5.32 Å². The Labute approximate surface area is 247 Å². The standard InChI is InChI=1S/C30H23FN10OS/c31-22-15-18(41-29-23(36-38-41)6-4-12-33-29)8-9-20(22)30(42)40(19-5-3-11-32-17-19)28-21-16-25(43-24(21)10-13-34-28)27-35-26-7-1-2-14-39(26)37-27/h1-2,4,6-10,12-16,19,32H,3,5,11,17H2/t19-/m1/s1. The Balaban J connectivity index is 1.21. The molecule has 1 aromatic carbocycles. The van der Waals surface area contributed by atoms with E-state index < -0.39 is 11.7 Å². The topological polar surface area (TPSA) is 119 Å². The number of hydrogen-bond donors (Lipinski definition) is 1. The number of thiophene rings is 1. The van der Waals surface area contributed by atoms with Gasteiger partial charge in [-0.05, 0) is 67.9 Å². The van der Waals surface area contributed by atoms with Crippen LogP contribution >= 0.6 is 11.3 Å². The van der Waals surface area contributed by atoms with Crippen LogP contribution in [0.2, 0.25) is 0 Å². The molecule has 0 saturated carbocycles. The quantitative estimate of drug-likeness (QED) is 0.307. The van der Waals surface area contributed by atoms with Crippen LogP contribution in [0.1, 0.15) is 23.2 Å². The van der Waals surface area contributed by atoms with Crippen molar-refractivity contribution in [1.82, 2.24) is 44.9 Å². The van der Waals surface area contributed by atoms with Gasteiger partial charge in [0.25, 0.3) is 5.91 Å². The van der Waals surface area contributed by atoms with Gasteiger partial charge in [0, 0.05) is 41.3 Å². The first kappa shape index (κ1) is 25.6. The molecule has 1 aliphatic rings. The van der Waals surface area contributed by atoms with Crippen molar-refractivity contribution in [2.75, 3.05) is 18.0 Å². The van der Waals surface area contributed by atoms with Crippen LogP contribution in [0.3, 0.4) is 0 Å². The van der Waals surface area contributed by atoms with E-state index >= 15 is 4.39 Å². The van der Waals surface area contributed by atoms with Gasteiger partial charge in [-0.3, -0.25) is 9.69 Å². The zero-order valence-electron chi connectivity index (χ0n) is 22.6. The molecule has 6 aromatic heterocycles. The van der Waals surface area contributed by atoms with E-state index in [1.165, 1.54) is 28.2 Å². The molecule has 0 bridgehead atoms. The van der Waals surface area contributed by atoms with Crippen molar-refractivity contribution in [3.05, 3.63) is 90.6 Å². The Morgan fingerprint density at radius 2 is 2.02 bits per heavy atom. The molecule has 1 atom stereocenters. The number of pyridine rings is 3. The minimum absolute atomic E-state index is 0.0528. The summed E-state index contributed by atoms with van der Waals surface area (Å²) in [6, 6.07) is 17.4. The number of aromatic nitrogens is 8. The molecule has 1 amide bonds. The van der Waals surface area contributed by atoms with Crippen LogP contribution in [0.5, 0.6) is 0 Å². The van der Waals surface area contributed by atoms with Crippen LogP contribution in [-0.4, -0.2) is 64.6 Å². The molecule has 0 aliphatic carbocycles. The molecule has 1 aliphatic heterocycles. The summed E-state index contributed by atoms with van der Waals surface area (Å²) >= 11 is 1.53. The number of benzene rings is 1. The van der Waals surface area contributed by atoms with Gasteiger partial charge in [-0.15, -0.1) is 21.5 Å². The molecule has 1 saturated heterocycles. The Kier molecular flexibility index (Phi) is 6.12. The van der Waals surface area contributed by atoms with Crippen molar-refractivity contribution in [2.24, 2.45) is 0 Å². The average molecular weight is 591 g/mol. The number of nitrogens with zero attached hydrogens (tertiary/aromatic N) is 9. The van der Waals surface area contributed by atoms with Gasteiger partial charge in [0.2, 0.25) is 0 Å². The van der Waals surface area contributed by atoms with Gasteiger partial charge in [0.15, 0.2) is 17.1 Å². The molecule has 7 heterocycles. The number of carbonyl (C=O) groups excluding carboxylic acids is 1.